The van der Waals surface area contributed by atoms with Crippen LogP contribution in [0, 0.1) is 0 Å². The predicted molar refractivity (Wildman–Crippen MR) is 56.8 cm³/mol. The molecule has 5 nitrogen and oxygen atoms in total. The molecule has 0 radical (unpaired) electrons. The summed E-state index contributed by atoms with van der Waals surface area (Å²) in [6.07, 6.45) is 4.31. The molecule has 0 heterocycles. The zero-order valence-electron chi connectivity index (χ0n) is 9.11. The first kappa shape index (κ1) is 12.0. The van der Waals surface area contributed by atoms with Crippen molar-refractivity contribution in [3.8, 4) is 0 Å². The number of carbonyl (C=O) groups is 2. The van der Waals surface area contributed by atoms with Crippen LogP contribution in [0.2, 0.25) is 0 Å². The van der Waals surface area contributed by atoms with Gasteiger partial charge in [0, 0.05) is 13.1 Å². The molecular formula is C10H19N3O2. The minimum absolute atomic E-state index is 0.0735. The molecule has 0 aromatic heterocycles. The highest BCUT2D eigenvalue weighted by atomic mass is 16.2. The van der Waals surface area contributed by atoms with Crippen molar-refractivity contribution in [3.05, 3.63) is 0 Å². The van der Waals surface area contributed by atoms with Crippen molar-refractivity contribution in [2.24, 2.45) is 11.5 Å². The predicted octanol–water partition coefficient (Wildman–Crippen LogP) is -0.410. The maximum Gasteiger partial charge on any atom is 0.240 e. The zero-order valence-corrected chi connectivity index (χ0v) is 9.11. The Morgan fingerprint density at radius 3 is 2.40 bits per heavy atom. The highest BCUT2D eigenvalue weighted by molar-refractivity contribution is 5.87. The van der Waals surface area contributed by atoms with Gasteiger partial charge in [-0.2, -0.15) is 0 Å². The van der Waals surface area contributed by atoms with Crippen LogP contribution in [-0.2, 0) is 9.59 Å². The maximum absolute atomic E-state index is 11.8. The van der Waals surface area contributed by atoms with Gasteiger partial charge < -0.3 is 16.4 Å². The van der Waals surface area contributed by atoms with Gasteiger partial charge in [0.05, 0.1) is 12.5 Å². The quantitative estimate of drug-likeness (QED) is 0.665. The lowest BCUT2D eigenvalue weighted by Gasteiger charge is -2.26. The number of carbonyl (C=O) groups excluding carboxylic acids is 2. The summed E-state index contributed by atoms with van der Waals surface area (Å²) in [4.78, 5) is 24.1. The lowest BCUT2D eigenvalue weighted by Crippen LogP contribution is -2.47. The van der Waals surface area contributed by atoms with E-state index in [1.165, 1.54) is 0 Å². The van der Waals surface area contributed by atoms with Crippen LogP contribution in [0.3, 0.4) is 0 Å². The van der Waals surface area contributed by atoms with Crippen LogP contribution in [0.4, 0.5) is 0 Å². The Bertz CT molecular complexity index is 249. The summed E-state index contributed by atoms with van der Waals surface area (Å²) in [7, 11) is 1.75. The second-order valence-corrected chi connectivity index (χ2v) is 4.16. The third-order valence-electron chi connectivity index (χ3n) is 2.96. The summed E-state index contributed by atoms with van der Waals surface area (Å²) < 4.78 is 0. The third kappa shape index (κ3) is 3.20. The monoisotopic (exact) mass is 213 g/mol. The van der Waals surface area contributed by atoms with Gasteiger partial charge >= 0.3 is 0 Å². The minimum Gasteiger partial charge on any atom is -0.370 e. The van der Waals surface area contributed by atoms with E-state index in [4.69, 9.17) is 11.5 Å². The van der Waals surface area contributed by atoms with Crippen molar-refractivity contribution in [3.63, 3.8) is 0 Å². The number of amides is 2. The fourth-order valence-electron chi connectivity index (χ4n) is 2.04. The van der Waals surface area contributed by atoms with Gasteiger partial charge in [-0.25, -0.2) is 0 Å². The molecule has 1 atom stereocenters. The molecule has 0 bridgehead atoms. The number of rotatable bonds is 4. The Kier molecular flexibility index (Phi) is 4.08. The van der Waals surface area contributed by atoms with Gasteiger partial charge in [0.25, 0.3) is 0 Å². The fourth-order valence-corrected chi connectivity index (χ4v) is 2.04. The molecule has 1 aliphatic carbocycles. The van der Waals surface area contributed by atoms with E-state index in [1.54, 1.807) is 11.9 Å². The molecule has 0 aromatic carbocycles. The smallest absolute Gasteiger partial charge is 0.240 e. The molecule has 1 fully saturated rings. The number of primary amides is 1. The molecule has 0 saturated heterocycles. The van der Waals surface area contributed by atoms with Crippen LogP contribution < -0.4 is 11.5 Å². The van der Waals surface area contributed by atoms with E-state index in [-0.39, 0.29) is 18.4 Å². The van der Waals surface area contributed by atoms with Gasteiger partial charge in [-0.05, 0) is 12.8 Å². The number of hydrogen-bond acceptors (Lipinski definition) is 3. The van der Waals surface area contributed by atoms with Crippen molar-refractivity contribution in [2.75, 3.05) is 7.05 Å². The van der Waals surface area contributed by atoms with Crippen LogP contribution in [-0.4, -0.2) is 35.8 Å². The van der Waals surface area contributed by atoms with E-state index in [0.717, 1.165) is 25.7 Å². The molecule has 2 amide bonds. The van der Waals surface area contributed by atoms with E-state index >= 15 is 0 Å². The molecule has 86 valence electrons. The Labute approximate surface area is 89.8 Å². The standard InChI is InChI=1S/C10H19N3O2/c1-13(7-4-2-3-5-7)10(15)8(11)6-9(12)14/h7-8H,2-6,11H2,1H3,(H2,12,14). The Hall–Kier alpha value is -1.10. The molecule has 1 saturated carbocycles. The summed E-state index contributed by atoms with van der Waals surface area (Å²) in [5, 5.41) is 0. The Morgan fingerprint density at radius 2 is 1.93 bits per heavy atom. The van der Waals surface area contributed by atoms with Crippen LogP contribution in [0.1, 0.15) is 32.1 Å². The topological polar surface area (TPSA) is 89.4 Å². The average Bonchev–Trinajstić information content (AvgIpc) is 2.67. The lowest BCUT2D eigenvalue weighted by molar-refractivity contribution is -0.135. The molecule has 1 rings (SSSR count). The van der Waals surface area contributed by atoms with E-state index in [2.05, 4.69) is 0 Å². The van der Waals surface area contributed by atoms with Crippen LogP contribution in [0.15, 0.2) is 0 Å². The van der Waals surface area contributed by atoms with Crippen LogP contribution in [0.25, 0.3) is 0 Å². The number of likely N-dealkylation sites (N-methyl/N-ethyl adjacent to an activating group) is 1. The second kappa shape index (κ2) is 5.11. The van der Waals surface area contributed by atoms with Gasteiger partial charge in [0.15, 0.2) is 0 Å². The number of nitrogens with two attached hydrogens (primary N) is 2. The first-order chi connectivity index (χ1) is 7.02. The summed E-state index contributed by atoms with van der Waals surface area (Å²) in [6.45, 7) is 0. The normalized spacial score (nSPS) is 18.8. The van der Waals surface area contributed by atoms with Gasteiger partial charge in [0.1, 0.15) is 0 Å². The third-order valence-corrected chi connectivity index (χ3v) is 2.96. The molecular weight excluding hydrogens is 194 g/mol. The van der Waals surface area contributed by atoms with E-state index in [9.17, 15) is 9.59 Å². The molecule has 5 heteroatoms. The maximum atomic E-state index is 11.8. The number of nitrogens with zero attached hydrogens (tertiary/aromatic N) is 1. The molecule has 0 spiro atoms. The van der Waals surface area contributed by atoms with Crippen molar-refractivity contribution in [1.29, 1.82) is 0 Å². The summed E-state index contributed by atoms with van der Waals surface area (Å²) in [5.74, 6) is -0.712. The minimum atomic E-state index is -0.784. The van der Waals surface area contributed by atoms with Crippen LogP contribution in [0.5, 0.6) is 0 Å². The first-order valence-electron chi connectivity index (χ1n) is 5.33. The van der Waals surface area contributed by atoms with Crippen molar-refractivity contribution in [2.45, 2.75) is 44.2 Å². The summed E-state index contributed by atoms with van der Waals surface area (Å²) in [5.41, 5.74) is 10.6. The van der Waals surface area contributed by atoms with Gasteiger partial charge in [0.2, 0.25) is 11.8 Å². The molecule has 4 N–H and O–H groups in total. The van der Waals surface area contributed by atoms with Gasteiger partial charge in [-0.15, -0.1) is 0 Å². The molecule has 0 aliphatic heterocycles. The summed E-state index contributed by atoms with van der Waals surface area (Å²) >= 11 is 0. The van der Waals surface area contributed by atoms with Crippen LogP contribution >= 0.6 is 0 Å². The first-order valence-corrected chi connectivity index (χ1v) is 5.33. The highest BCUT2D eigenvalue weighted by Crippen LogP contribution is 2.22. The second-order valence-electron chi connectivity index (χ2n) is 4.16. The number of hydrogen-bond donors (Lipinski definition) is 2. The molecule has 15 heavy (non-hydrogen) atoms. The highest BCUT2D eigenvalue weighted by Gasteiger charge is 2.27. The molecule has 1 unspecified atom stereocenters. The van der Waals surface area contributed by atoms with Crippen molar-refractivity contribution < 1.29 is 9.59 Å². The van der Waals surface area contributed by atoms with E-state index in [0.29, 0.717) is 0 Å². The SMILES string of the molecule is CN(C(=O)C(N)CC(N)=O)C1CCCC1. The van der Waals surface area contributed by atoms with Gasteiger partial charge in [-0.1, -0.05) is 12.8 Å². The lowest BCUT2D eigenvalue weighted by atomic mass is 10.1. The Morgan fingerprint density at radius 1 is 1.40 bits per heavy atom. The van der Waals surface area contributed by atoms with E-state index < -0.39 is 11.9 Å². The summed E-state index contributed by atoms with van der Waals surface area (Å²) in [6, 6.07) is -0.496. The van der Waals surface area contributed by atoms with E-state index in [1.807, 2.05) is 0 Å². The van der Waals surface area contributed by atoms with Crippen molar-refractivity contribution in [1.82, 2.24) is 4.90 Å². The average molecular weight is 213 g/mol. The zero-order chi connectivity index (χ0) is 11.4. The Balaban J connectivity index is 2.47. The van der Waals surface area contributed by atoms with Crippen molar-refractivity contribution >= 4 is 11.8 Å². The molecule has 1 aliphatic rings. The largest absolute Gasteiger partial charge is 0.370 e. The molecule has 0 aromatic rings. The fraction of sp³-hybridized carbons (Fsp3) is 0.800. The van der Waals surface area contributed by atoms with Gasteiger partial charge in [-0.3, -0.25) is 9.59 Å².